The summed E-state index contributed by atoms with van der Waals surface area (Å²) in [5, 5.41) is 2.79. The zero-order valence-corrected chi connectivity index (χ0v) is 16.5. The van der Waals surface area contributed by atoms with E-state index in [1.165, 1.54) is 0 Å². The van der Waals surface area contributed by atoms with Crippen LogP contribution in [0.2, 0.25) is 0 Å². The monoisotopic (exact) mass is 367 g/mol. The standard InChI is InChI=1S/C21H26BNO4/c1-15-11-17(22-26-20(2,3)21(4,5)27-22)13-18(12-15)23-19(24)25-14-16-9-7-6-8-10-16/h6-13H,14H2,1-5H3,(H,23,24). The Bertz CT molecular complexity index is 804. The van der Waals surface area contributed by atoms with E-state index in [2.05, 4.69) is 5.32 Å². The Morgan fingerprint density at radius 3 is 2.30 bits per heavy atom. The molecule has 6 heteroatoms. The Morgan fingerprint density at radius 2 is 1.67 bits per heavy atom. The molecule has 0 spiro atoms. The number of hydrogen-bond acceptors (Lipinski definition) is 4. The van der Waals surface area contributed by atoms with E-state index in [1.807, 2.05) is 83.1 Å². The van der Waals surface area contributed by atoms with E-state index in [9.17, 15) is 4.79 Å². The van der Waals surface area contributed by atoms with Crippen molar-refractivity contribution in [3.8, 4) is 0 Å². The smallest absolute Gasteiger partial charge is 0.444 e. The van der Waals surface area contributed by atoms with Crippen LogP contribution in [-0.2, 0) is 20.7 Å². The van der Waals surface area contributed by atoms with Crippen LogP contribution in [0.5, 0.6) is 0 Å². The Morgan fingerprint density at radius 1 is 1.04 bits per heavy atom. The van der Waals surface area contributed by atoms with Gasteiger partial charge in [-0.25, -0.2) is 4.79 Å². The molecule has 2 aromatic carbocycles. The van der Waals surface area contributed by atoms with Crippen LogP contribution >= 0.6 is 0 Å². The van der Waals surface area contributed by atoms with Crippen molar-refractivity contribution < 1.29 is 18.8 Å². The van der Waals surface area contributed by atoms with E-state index >= 15 is 0 Å². The molecule has 0 saturated carbocycles. The highest BCUT2D eigenvalue weighted by atomic mass is 16.7. The molecule has 1 heterocycles. The molecule has 0 atom stereocenters. The third-order valence-electron chi connectivity index (χ3n) is 5.08. The highest BCUT2D eigenvalue weighted by Crippen LogP contribution is 2.36. The van der Waals surface area contributed by atoms with Crippen molar-refractivity contribution >= 4 is 24.4 Å². The molecule has 2 aromatic rings. The number of anilines is 1. The van der Waals surface area contributed by atoms with Crippen molar-refractivity contribution in [3.63, 3.8) is 0 Å². The maximum atomic E-state index is 12.1. The van der Waals surface area contributed by atoms with Crippen LogP contribution in [0.15, 0.2) is 48.5 Å². The summed E-state index contributed by atoms with van der Waals surface area (Å²) in [5.41, 5.74) is 2.63. The average Bonchev–Trinajstić information content (AvgIpc) is 2.81. The first-order valence-electron chi connectivity index (χ1n) is 9.11. The molecule has 0 radical (unpaired) electrons. The van der Waals surface area contributed by atoms with Crippen molar-refractivity contribution in [2.45, 2.75) is 52.4 Å². The highest BCUT2D eigenvalue weighted by Gasteiger charge is 2.51. The van der Waals surface area contributed by atoms with Crippen LogP contribution in [0.3, 0.4) is 0 Å². The fourth-order valence-electron chi connectivity index (χ4n) is 2.88. The fraction of sp³-hybridized carbons (Fsp3) is 0.381. The molecule has 1 aliphatic rings. The highest BCUT2D eigenvalue weighted by molar-refractivity contribution is 6.62. The molecule has 1 amide bonds. The summed E-state index contributed by atoms with van der Waals surface area (Å²) in [6.07, 6.45) is -0.496. The lowest BCUT2D eigenvalue weighted by Gasteiger charge is -2.32. The minimum absolute atomic E-state index is 0.225. The van der Waals surface area contributed by atoms with Crippen molar-refractivity contribution in [2.24, 2.45) is 0 Å². The average molecular weight is 367 g/mol. The largest absolute Gasteiger partial charge is 0.494 e. The Hall–Kier alpha value is -2.31. The zero-order chi connectivity index (χ0) is 19.7. The summed E-state index contributed by atoms with van der Waals surface area (Å²) in [6, 6.07) is 15.3. The van der Waals surface area contributed by atoms with Gasteiger partial charge >= 0.3 is 13.2 Å². The lowest BCUT2D eigenvalue weighted by molar-refractivity contribution is 0.00578. The zero-order valence-electron chi connectivity index (χ0n) is 16.5. The number of amides is 1. The predicted molar refractivity (Wildman–Crippen MR) is 107 cm³/mol. The molecule has 5 nitrogen and oxygen atoms in total. The Labute approximate surface area is 161 Å². The lowest BCUT2D eigenvalue weighted by Crippen LogP contribution is -2.41. The maximum Gasteiger partial charge on any atom is 0.494 e. The van der Waals surface area contributed by atoms with E-state index < -0.39 is 24.4 Å². The van der Waals surface area contributed by atoms with Crippen LogP contribution in [0.25, 0.3) is 0 Å². The van der Waals surface area contributed by atoms with Gasteiger partial charge in [-0.15, -0.1) is 0 Å². The third kappa shape index (κ3) is 4.52. The lowest BCUT2D eigenvalue weighted by atomic mass is 9.78. The van der Waals surface area contributed by atoms with Gasteiger partial charge in [0.2, 0.25) is 0 Å². The van der Waals surface area contributed by atoms with Crippen LogP contribution < -0.4 is 10.8 Å². The molecule has 0 bridgehead atoms. The Kier molecular flexibility index (Phi) is 5.31. The minimum atomic E-state index is -0.496. The van der Waals surface area contributed by atoms with Crippen molar-refractivity contribution in [1.82, 2.24) is 0 Å². The van der Waals surface area contributed by atoms with Gasteiger partial charge in [-0.2, -0.15) is 0 Å². The molecule has 142 valence electrons. The van der Waals surface area contributed by atoms with Crippen molar-refractivity contribution in [3.05, 3.63) is 59.7 Å². The number of hydrogen-bond donors (Lipinski definition) is 1. The van der Waals surface area contributed by atoms with Gasteiger partial charge in [0.25, 0.3) is 0 Å². The molecule has 27 heavy (non-hydrogen) atoms. The van der Waals surface area contributed by atoms with Crippen molar-refractivity contribution in [2.75, 3.05) is 5.32 Å². The van der Waals surface area contributed by atoms with Gasteiger partial charge in [-0.1, -0.05) is 36.4 Å². The van der Waals surface area contributed by atoms with Gasteiger partial charge in [0, 0.05) is 5.69 Å². The van der Waals surface area contributed by atoms with Gasteiger partial charge in [-0.3, -0.25) is 5.32 Å². The van der Waals surface area contributed by atoms with Crippen molar-refractivity contribution in [1.29, 1.82) is 0 Å². The number of carbonyl (C=O) groups is 1. The molecular formula is C21H26BNO4. The molecule has 3 rings (SSSR count). The first kappa shape index (κ1) is 19.5. The van der Waals surface area contributed by atoms with E-state index in [4.69, 9.17) is 14.0 Å². The quantitative estimate of drug-likeness (QED) is 0.829. The topological polar surface area (TPSA) is 56.8 Å². The molecule has 1 saturated heterocycles. The minimum Gasteiger partial charge on any atom is -0.444 e. The normalized spacial score (nSPS) is 17.6. The molecule has 1 fully saturated rings. The van der Waals surface area contributed by atoms with Crippen LogP contribution in [0, 0.1) is 6.92 Å². The SMILES string of the molecule is Cc1cc(NC(=O)OCc2ccccc2)cc(B2OC(C)(C)C(C)(C)O2)c1. The number of carbonyl (C=O) groups excluding carboxylic acids is 1. The van der Waals surface area contributed by atoms with Crippen LogP contribution in [-0.4, -0.2) is 24.4 Å². The summed E-state index contributed by atoms with van der Waals surface area (Å²) in [4.78, 5) is 12.1. The van der Waals surface area contributed by atoms with Gasteiger partial charge in [0.1, 0.15) is 6.61 Å². The molecule has 1 N–H and O–H groups in total. The second-order valence-corrected chi connectivity index (χ2v) is 7.91. The number of rotatable bonds is 4. The Balaban J connectivity index is 1.68. The maximum absolute atomic E-state index is 12.1. The summed E-state index contributed by atoms with van der Waals surface area (Å²) < 4.78 is 17.5. The van der Waals surface area contributed by atoms with E-state index in [0.717, 1.165) is 16.6 Å². The third-order valence-corrected chi connectivity index (χ3v) is 5.08. The predicted octanol–water partition coefficient (Wildman–Crippen LogP) is 4.04. The number of benzene rings is 2. The van der Waals surface area contributed by atoms with E-state index in [-0.39, 0.29) is 6.61 Å². The van der Waals surface area contributed by atoms with Gasteiger partial charge in [0.05, 0.1) is 11.2 Å². The summed E-state index contributed by atoms with van der Waals surface area (Å²) in [6.45, 7) is 10.3. The molecular weight excluding hydrogens is 341 g/mol. The van der Waals surface area contributed by atoms with Crippen LogP contribution in [0.4, 0.5) is 10.5 Å². The van der Waals surface area contributed by atoms with E-state index in [0.29, 0.717) is 5.69 Å². The van der Waals surface area contributed by atoms with Gasteiger partial charge in [0.15, 0.2) is 0 Å². The first-order valence-corrected chi connectivity index (χ1v) is 9.11. The molecule has 0 unspecified atom stereocenters. The first-order chi connectivity index (χ1) is 12.7. The number of nitrogens with one attached hydrogen (secondary N) is 1. The summed E-state index contributed by atoms with van der Waals surface area (Å²) >= 11 is 0. The second-order valence-electron chi connectivity index (χ2n) is 7.91. The summed E-state index contributed by atoms with van der Waals surface area (Å²) in [7, 11) is -0.476. The molecule has 0 aliphatic carbocycles. The number of ether oxygens (including phenoxy) is 1. The summed E-state index contributed by atoms with van der Waals surface area (Å²) in [5.74, 6) is 0. The molecule has 1 aliphatic heterocycles. The molecule has 0 aromatic heterocycles. The van der Waals surface area contributed by atoms with E-state index in [1.54, 1.807) is 0 Å². The van der Waals surface area contributed by atoms with Gasteiger partial charge in [-0.05, 0) is 63.3 Å². The second kappa shape index (κ2) is 7.37. The fourth-order valence-corrected chi connectivity index (χ4v) is 2.88. The van der Waals surface area contributed by atoms with Crippen LogP contribution in [0.1, 0.15) is 38.8 Å². The van der Waals surface area contributed by atoms with Gasteiger partial charge < -0.3 is 14.0 Å². The number of aryl methyl sites for hydroxylation is 1.